The average Bonchev–Trinajstić information content (AvgIpc) is 2.80. The van der Waals surface area contributed by atoms with Crippen LogP contribution in [0.15, 0.2) is 67.0 Å². The third-order valence-corrected chi connectivity index (χ3v) is 5.56. The van der Waals surface area contributed by atoms with Crippen LogP contribution in [0.1, 0.15) is 12.5 Å². The molecule has 4 rings (SSSR count). The second kappa shape index (κ2) is 10.4. The highest BCUT2D eigenvalue weighted by Crippen LogP contribution is 2.20. The number of carbonyl (C=O) groups excluding carboxylic acids is 1. The second-order valence-electron chi connectivity index (χ2n) is 7.72. The van der Waals surface area contributed by atoms with Gasteiger partial charge in [-0.1, -0.05) is 48.0 Å². The molecule has 2 heterocycles. The van der Waals surface area contributed by atoms with Crippen LogP contribution >= 0.6 is 11.6 Å². The molecule has 7 nitrogen and oxygen atoms in total. The van der Waals surface area contributed by atoms with Crippen LogP contribution < -0.4 is 15.0 Å². The van der Waals surface area contributed by atoms with Crippen LogP contribution in [0.4, 0.5) is 11.6 Å². The summed E-state index contributed by atoms with van der Waals surface area (Å²) in [7, 11) is 0. The van der Waals surface area contributed by atoms with Crippen LogP contribution in [0, 0.1) is 0 Å². The summed E-state index contributed by atoms with van der Waals surface area (Å²) in [6.45, 7) is 6.27. The predicted octanol–water partition coefficient (Wildman–Crippen LogP) is 3.86. The first-order valence-corrected chi connectivity index (χ1v) is 11.0. The molecule has 1 unspecified atom stereocenters. The summed E-state index contributed by atoms with van der Waals surface area (Å²) < 4.78 is 5.68. The van der Waals surface area contributed by atoms with Gasteiger partial charge in [-0.05, 0) is 30.7 Å². The van der Waals surface area contributed by atoms with Crippen molar-refractivity contribution >= 4 is 29.1 Å². The standard InChI is InChI=1S/C24H26ClN5O2/c1-18(32-21-9-5-8-20(25)14-21)24(31)28-22-15-23(27-17-26-22)30-12-10-29(11-13-30)16-19-6-3-2-4-7-19/h2-9,14-15,17-18H,10-13,16H2,1H3,(H,26,27,28,31). The van der Waals surface area contributed by atoms with E-state index in [1.54, 1.807) is 37.3 Å². The molecule has 32 heavy (non-hydrogen) atoms. The quantitative estimate of drug-likeness (QED) is 0.588. The Labute approximate surface area is 193 Å². The molecule has 1 aromatic heterocycles. The normalized spacial score (nSPS) is 15.2. The van der Waals surface area contributed by atoms with Gasteiger partial charge in [-0.2, -0.15) is 0 Å². The van der Waals surface area contributed by atoms with E-state index in [0.29, 0.717) is 16.6 Å². The molecule has 0 saturated carbocycles. The summed E-state index contributed by atoms with van der Waals surface area (Å²) >= 11 is 5.97. The molecule has 3 aromatic rings. The Morgan fingerprint density at radius 2 is 1.84 bits per heavy atom. The molecule has 8 heteroatoms. The maximum Gasteiger partial charge on any atom is 0.266 e. The third-order valence-electron chi connectivity index (χ3n) is 5.33. The molecule has 1 fully saturated rings. The van der Waals surface area contributed by atoms with Crippen molar-refractivity contribution in [2.75, 3.05) is 36.4 Å². The maximum atomic E-state index is 12.6. The van der Waals surface area contributed by atoms with Gasteiger partial charge >= 0.3 is 0 Å². The smallest absolute Gasteiger partial charge is 0.266 e. The summed E-state index contributed by atoms with van der Waals surface area (Å²) in [5.74, 6) is 1.51. The molecule has 0 aliphatic carbocycles. The van der Waals surface area contributed by atoms with Crippen LogP contribution in [0.5, 0.6) is 5.75 Å². The number of aromatic nitrogens is 2. The van der Waals surface area contributed by atoms with Gasteiger partial charge in [0.2, 0.25) is 0 Å². The molecule has 1 N–H and O–H groups in total. The van der Waals surface area contributed by atoms with Gasteiger partial charge in [-0.3, -0.25) is 9.69 Å². The lowest BCUT2D eigenvalue weighted by Crippen LogP contribution is -2.46. The zero-order chi connectivity index (χ0) is 22.3. The molecule has 0 radical (unpaired) electrons. The number of nitrogens with zero attached hydrogens (tertiary/aromatic N) is 4. The molecule has 1 saturated heterocycles. The predicted molar refractivity (Wildman–Crippen MR) is 126 cm³/mol. The Kier molecular flexibility index (Phi) is 7.19. The molecular weight excluding hydrogens is 426 g/mol. The van der Waals surface area contributed by atoms with Gasteiger partial charge in [-0.25, -0.2) is 9.97 Å². The Morgan fingerprint density at radius 1 is 1.06 bits per heavy atom. The van der Waals surface area contributed by atoms with E-state index in [1.807, 2.05) is 6.07 Å². The van der Waals surface area contributed by atoms with Crippen molar-refractivity contribution in [2.45, 2.75) is 19.6 Å². The number of amides is 1. The first-order valence-electron chi connectivity index (χ1n) is 10.6. The molecular formula is C24H26ClN5O2. The van der Waals surface area contributed by atoms with E-state index in [9.17, 15) is 4.79 Å². The highest BCUT2D eigenvalue weighted by Gasteiger charge is 2.20. The van der Waals surface area contributed by atoms with Crippen LogP contribution in [0.25, 0.3) is 0 Å². The zero-order valence-corrected chi connectivity index (χ0v) is 18.7. The summed E-state index contributed by atoms with van der Waals surface area (Å²) in [6.07, 6.45) is 0.775. The monoisotopic (exact) mass is 451 g/mol. The Hall–Kier alpha value is -3.16. The van der Waals surface area contributed by atoms with Gasteiger partial charge in [0.1, 0.15) is 23.7 Å². The van der Waals surface area contributed by atoms with Gasteiger partial charge in [-0.15, -0.1) is 0 Å². The largest absolute Gasteiger partial charge is 0.481 e. The van der Waals surface area contributed by atoms with Gasteiger partial charge < -0.3 is 15.0 Å². The van der Waals surface area contributed by atoms with Crippen LogP contribution in [0.3, 0.4) is 0 Å². The van der Waals surface area contributed by atoms with Crippen molar-refractivity contribution in [3.8, 4) is 5.75 Å². The van der Waals surface area contributed by atoms with Crippen molar-refractivity contribution in [3.05, 3.63) is 77.6 Å². The van der Waals surface area contributed by atoms with Crippen LogP contribution in [-0.2, 0) is 11.3 Å². The molecule has 1 atom stereocenters. The number of carbonyl (C=O) groups is 1. The topological polar surface area (TPSA) is 70.6 Å². The Morgan fingerprint density at radius 3 is 2.59 bits per heavy atom. The fraction of sp³-hybridized carbons (Fsp3) is 0.292. The van der Waals surface area contributed by atoms with E-state index in [2.05, 4.69) is 49.4 Å². The van der Waals surface area contributed by atoms with Crippen molar-refractivity contribution in [3.63, 3.8) is 0 Å². The maximum absolute atomic E-state index is 12.6. The fourth-order valence-corrected chi connectivity index (χ4v) is 3.77. The first kappa shape index (κ1) is 22.0. The lowest BCUT2D eigenvalue weighted by Gasteiger charge is -2.35. The fourth-order valence-electron chi connectivity index (χ4n) is 3.59. The minimum atomic E-state index is -0.701. The first-order chi connectivity index (χ1) is 15.6. The van der Waals surface area contributed by atoms with Crippen molar-refractivity contribution in [1.29, 1.82) is 0 Å². The SMILES string of the molecule is CC(Oc1cccc(Cl)c1)C(=O)Nc1cc(N2CCN(Cc3ccccc3)CC2)ncn1. The number of rotatable bonds is 7. The lowest BCUT2D eigenvalue weighted by atomic mass is 10.2. The van der Waals surface area contributed by atoms with Crippen molar-refractivity contribution in [2.24, 2.45) is 0 Å². The second-order valence-corrected chi connectivity index (χ2v) is 8.15. The minimum absolute atomic E-state index is 0.290. The van der Waals surface area contributed by atoms with E-state index >= 15 is 0 Å². The Bertz CT molecular complexity index is 1040. The van der Waals surface area contributed by atoms with E-state index in [0.717, 1.165) is 38.5 Å². The highest BCUT2D eigenvalue weighted by atomic mass is 35.5. The highest BCUT2D eigenvalue weighted by molar-refractivity contribution is 6.30. The minimum Gasteiger partial charge on any atom is -0.481 e. The number of ether oxygens (including phenoxy) is 1. The molecule has 1 amide bonds. The van der Waals surface area contributed by atoms with Crippen molar-refractivity contribution < 1.29 is 9.53 Å². The molecule has 0 spiro atoms. The zero-order valence-electron chi connectivity index (χ0n) is 17.9. The van der Waals surface area contributed by atoms with Gasteiger partial charge in [0, 0.05) is 43.8 Å². The molecule has 1 aliphatic heterocycles. The summed E-state index contributed by atoms with van der Waals surface area (Å²) in [5.41, 5.74) is 1.32. The van der Waals surface area contributed by atoms with E-state index in [-0.39, 0.29) is 5.91 Å². The number of hydrogen-bond acceptors (Lipinski definition) is 6. The van der Waals surface area contributed by atoms with Crippen molar-refractivity contribution in [1.82, 2.24) is 14.9 Å². The number of benzene rings is 2. The number of hydrogen-bond donors (Lipinski definition) is 1. The van der Waals surface area contributed by atoms with E-state index < -0.39 is 6.10 Å². The lowest BCUT2D eigenvalue weighted by molar-refractivity contribution is -0.122. The molecule has 2 aromatic carbocycles. The molecule has 0 bridgehead atoms. The van der Waals surface area contributed by atoms with E-state index in [1.165, 1.54) is 11.9 Å². The summed E-state index contributed by atoms with van der Waals surface area (Å²) in [4.78, 5) is 25.8. The third kappa shape index (κ3) is 5.96. The summed E-state index contributed by atoms with van der Waals surface area (Å²) in [5, 5.41) is 3.37. The van der Waals surface area contributed by atoms with Gasteiger partial charge in [0.05, 0.1) is 0 Å². The molecule has 1 aliphatic rings. The van der Waals surface area contributed by atoms with Gasteiger partial charge in [0.25, 0.3) is 5.91 Å². The van der Waals surface area contributed by atoms with Crippen LogP contribution in [0.2, 0.25) is 5.02 Å². The number of anilines is 2. The number of piperazine rings is 1. The summed E-state index contributed by atoms with van der Waals surface area (Å²) in [6, 6.07) is 19.3. The Balaban J connectivity index is 1.31. The van der Waals surface area contributed by atoms with E-state index in [4.69, 9.17) is 16.3 Å². The average molecular weight is 452 g/mol. The van der Waals surface area contributed by atoms with Crippen LogP contribution in [-0.4, -0.2) is 53.1 Å². The van der Waals surface area contributed by atoms with Gasteiger partial charge in [0.15, 0.2) is 6.10 Å². The number of halogens is 1. The molecule has 166 valence electrons. The number of nitrogens with one attached hydrogen (secondary N) is 1.